The summed E-state index contributed by atoms with van der Waals surface area (Å²) in [5.74, 6) is 0. The second-order valence-electron chi connectivity index (χ2n) is 6.71. The SMILES string of the molecule is CC(C)N(CCCN)C1CCOC2(CCCCC2)C1. The van der Waals surface area contributed by atoms with Crippen molar-refractivity contribution < 1.29 is 4.74 Å². The average molecular weight is 268 g/mol. The Morgan fingerprint density at radius 2 is 2.00 bits per heavy atom. The highest BCUT2D eigenvalue weighted by atomic mass is 16.5. The van der Waals surface area contributed by atoms with E-state index in [1.54, 1.807) is 0 Å². The third-order valence-electron chi connectivity index (χ3n) is 4.98. The third kappa shape index (κ3) is 3.93. The summed E-state index contributed by atoms with van der Waals surface area (Å²) in [4.78, 5) is 2.67. The largest absolute Gasteiger partial charge is 0.375 e. The predicted octanol–water partition coefficient (Wildman–Crippen LogP) is 2.93. The molecule has 3 nitrogen and oxygen atoms in total. The molecule has 19 heavy (non-hydrogen) atoms. The fourth-order valence-electron chi connectivity index (χ4n) is 3.97. The molecule has 2 fully saturated rings. The molecule has 1 aliphatic carbocycles. The van der Waals surface area contributed by atoms with Gasteiger partial charge in [0.15, 0.2) is 0 Å². The first kappa shape index (κ1) is 15.3. The van der Waals surface area contributed by atoms with E-state index in [0.717, 1.165) is 26.1 Å². The van der Waals surface area contributed by atoms with Crippen molar-refractivity contribution in [3.05, 3.63) is 0 Å². The molecule has 2 N–H and O–H groups in total. The molecule has 1 saturated heterocycles. The first-order chi connectivity index (χ1) is 9.17. The normalized spacial score (nSPS) is 27.3. The standard InChI is InChI=1S/C16H32N2O/c1-14(2)18(11-6-10-17)15-7-12-19-16(13-15)8-4-3-5-9-16/h14-15H,3-13,17H2,1-2H3. The van der Waals surface area contributed by atoms with Gasteiger partial charge in [-0.2, -0.15) is 0 Å². The van der Waals surface area contributed by atoms with Crippen LogP contribution < -0.4 is 5.73 Å². The first-order valence-electron chi connectivity index (χ1n) is 8.27. The zero-order valence-electron chi connectivity index (χ0n) is 12.9. The van der Waals surface area contributed by atoms with Gasteiger partial charge in [-0.25, -0.2) is 0 Å². The number of hydrogen-bond donors (Lipinski definition) is 1. The molecule has 0 radical (unpaired) electrons. The molecule has 0 aromatic rings. The average Bonchev–Trinajstić information content (AvgIpc) is 2.40. The van der Waals surface area contributed by atoms with E-state index in [1.807, 2.05) is 0 Å². The minimum Gasteiger partial charge on any atom is -0.375 e. The molecule has 1 unspecified atom stereocenters. The lowest BCUT2D eigenvalue weighted by molar-refractivity contribution is -0.127. The lowest BCUT2D eigenvalue weighted by Gasteiger charge is -2.47. The Labute approximate surface area is 118 Å². The second kappa shape index (κ2) is 7.05. The van der Waals surface area contributed by atoms with E-state index in [4.69, 9.17) is 10.5 Å². The fourth-order valence-corrected chi connectivity index (χ4v) is 3.97. The van der Waals surface area contributed by atoms with Crippen LogP contribution in [0.5, 0.6) is 0 Å². The highest BCUT2D eigenvalue weighted by Crippen LogP contribution is 2.40. The van der Waals surface area contributed by atoms with Crippen LogP contribution in [0.4, 0.5) is 0 Å². The van der Waals surface area contributed by atoms with Gasteiger partial charge < -0.3 is 10.5 Å². The van der Waals surface area contributed by atoms with Crippen LogP contribution in [0.25, 0.3) is 0 Å². The van der Waals surface area contributed by atoms with Crippen LogP contribution in [0.15, 0.2) is 0 Å². The Kier molecular flexibility index (Phi) is 5.67. The van der Waals surface area contributed by atoms with E-state index in [-0.39, 0.29) is 5.60 Å². The quantitative estimate of drug-likeness (QED) is 0.833. The van der Waals surface area contributed by atoms with E-state index in [1.165, 1.54) is 44.9 Å². The maximum atomic E-state index is 6.22. The fraction of sp³-hybridized carbons (Fsp3) is 1.00. The molecule has 1 aliphatic heterocycles. The maximum Gasteiger partial charge on any atom is 0.0697 e. The van der Waals surface area contributed by atoms with E-state index in [2.05, 4.69) is 18.7 Å². The Morgan fingerprint density at radius 1 is 1.26 bits per heavy atom. The summed E-state index contributed by atoms with van der Waals surface area (Å²) in [7, 11) is 0. The highest BCUT2D eigenvalue weighted by Gasteiger charge is 2.40. The lowest BCUT2D eigenvalue weighted by Crippen LogP contribution is -2.51. The van der Waals surface area contributed by atoms with Gasteiger partial charge in [0.05, 0.1) is 5.60 Å². The lowest BCUT2D eigenvalue weighted by atomic mass is 9.77. The molecule has 3 heteroatoms. The summed E-state index contributed by atoms with van der Waals surface area (Å²) >= 11 is 0. The van der Waals surface area contributed by atoms with Crippen molar-refractivity contribution in [2.45, 2.75) is 82.9 Å². The van der Waals surface area contributed by atoms with Gasteiger partial charge >= 0.3 is 0 Å². The molecule has 2 rings (SSSR count). The van der Waals surface area contributed by atoms with Crippen LogP contribution in [0.3, 0.4) is 0 Å². The number of nitrogens with zero attached hydrogens (tertiary/aromatic N) is 1. The third-order valence-corrected chi connectivity index (χ3v) is 4.98. The predicted molar refractivity (Wildman–Crippen MR) is 80.3 cm³/mol. The smallest absolute Gasteiger partial charge is 0.0697 e. The zero-order chi connectivity index (χ0) is 13.7. The molecule has 2 aliphatic rings. The number of nitrogens with two attached hydrogens (primary N) is 1. The van der Waals surface area contributed by atoms with E-state index < -0.39 is 0 Å². The summed E-state index contributed by atoms with van der Waals surface area (Å²) in [6, 6.07) is 1.33. The Hall–Kier alpha value is -0.120. The molecule has 0 aromatic carbocycles. The van der Waals surface area contributed by atoms with Gasteiger partial charge in [-0.05, 0) is 59.0 Å². The van der Waals surface area contributed by atoms with Crippen molar-refractivity contribution in [2.75, 3.05) is 19.7 Å². The van der Waals surface area contributed by atoms with Gasteiger partial charge in [0.1, 0.15) is 0 Å². The van der Waals surface area contributed by atoms with Gasteiger partial charge in [-0.1, -0.05) is 19.3 Å². The van der Waals surface area contributed by atoms with Crippen LogP contribution in [0.1, 0.15) is 65.2 Å². The molecule has 0 aromatic heterocycles. The van der Waals surface area contributed by atoms with E-state index >= 15 is 0 Å². The summed E-state index contributed by atoms with van der Waals surface area (Å²) in [6.45, 7) is 7.54. The molecule has 1 atom stereocenters. The number of rotatable bonds is 5. The van der Waals surface area contributed by atoms with Gasteiger partial charge in [0.2, 0.25) is 0 Å². The Morgan fingerprint density at radius 3 is 2.63 bits per heavy atom. The Balaban J connectivity index is 1.97. The van der Waals surface area contributed by atoms with Gasteiger partial charge in [-0.3, -0.25) is 4.90 Å². The van der Waals surface area contributed by atoms with E-state index in [0.29, 0.717) is 12.1 Å². The molecule has 1 heterocycles. The van der Waals surface area contributed by atoms with Crippen molar-refractivity contribution in [1.82, 2.24) is 4.90 Å². The minimum atomic E-state index is 0.219. The molecule has 112 valence electrons. The van der Waals surface area contributed by atoms with Crippen LogP contribution in [-0.4, -0.2) is 42.3 Å². The van der Waals surface area contributed by atoms with Gasteiger partial charge in [0, 0.05) is 18.7 Å². The van der Waals surface area contributed by atoms with Gasteiger partial charge in [-0.15, -0.1) is 0 Å². The molecule has 1 saturated carbocycles. The van der Waals surface area contributed by atoms with Crippen LogP contribution in [0, 0.1) is 0 Å². The van der Waals surface area contributed by atoms with Crippen molar-refractivity contribution in [1.29, 1.82) is 0 Å². The zero-order valence-corrected chi connectivity index (χ0v) is 12.9. The van der Waals surface area contributed by atoms with Crippen molar-refractivity contribution in [2.24, 2.45) is 5.73 Å². The molecule has 0 amide bonds. The van der Waals surface area contributed by atoms with Gasteiger partial charge in [0.25, 0.3) is 0 Å². The van der Waals surface area contributed by atoms with Crippen LogP contribution in [0.2, 0.25) is 0 Å². The van der Waals surface area contributed by atoms with Crippen LogP contribution >= 0.6 is 0 Å². The van der Waals surface area contributed by atoms with E-state index in [9.17, 15) is 0 Å². The van der Waals surface area contributed by atoms with Crippen LogP contribution in [-0.2, 0) is 4.74 Å². The van der Waals surface area contributed by atoms with Crippen molar-refractivity contribution in [3.63, 3.8) is 0 Å². The monoisotopic (exact) mass is 268 g/mol. The summed E-state index contributed by atoms with van der Waals surface area (Å²) in [6.07, 6.45) is 10.2. The Bertz CT molecular complexity index is 256. The molecule has 1 spiro atoms. The molecular formula is C16H32N2O. The molecular weight excluding hydrogens is 236 g/mol. The first-order valence-corrected chi connectivity index (χ1v) is 8.27. The second-order valence-corrected chi connectivity index (χ2v) is 6.71. The highest BCUT2D eigenvalue weighted by molar-refractivity contribution is 4.93. The molecule has 0 bridgehead atoms. The summed E-state index contributed by atoms with van der Waals surface area (Å²) in [5, 5.41) is 0. The summed E-state index contributed by atoms with van der Waals surface area (Å²) in [5.41, 5.74) is 5.91. The van der Waals surface area contributed by atoms with Crippen molar-refractivity contribution in [3.8, 4) is 0 Å². The minimum absolute atomic E-state index is 0.219. The number of hydrogen-bond acceptors (Lipinski definition) is 3. The summed E-state index contributed by atoms with van der Waals surface area (Å²) < 4.78 is 6.22. The maximum absolute atomic E-state index is 6.22. The topological polar surface area (TPSA) is 38.5 Å². The number of ether oxygens (including phenoxy) is 1. The van der Waals surface area contributed by atoms with Crippen molar-refractivity contribution >= 4 is 0 Å².